The van der Waals surface area contributed by atoms with Gasteiger partial charge >= 0.3 is 59.1 Å². The van der Waals surface area contributed by atoms with Gasteiger partial charge in [-0.1, -0.05) is 13.8 Å². The molecule has 2 rings (SSSR count). The smallest absolute Gasteiger partial charge is 0.547 e. The van der Waals surface area contributed by atoms with E-state index in [1.807, 2.05) is 13.8 Å². The first-order valence-electron chi connectivity index (χ1n) is 19.9. The van der Waals surface area contributed by atoms with E-state index in [4.69, 9.17) is 48.4 Å². The van der Waals surface area contributed by atoms with Crippen LogP contribution in [0.5, 0.6) is 0 Å². The third kappa shape index (κ3) is 24.3. The first-order chi connectivity index (χ1) is 30.8. The Hall–Kier alpha value is -1.72. The van der Waals surface area contributed by atoms with Crippen LogP contribution in [0.4, 0.5) is 0 Å². The molecule has 29 heteroatoms. The Morgan fingerprint density at radius 3 is 1.31 bits per heavy atom. The van der Waals surface area contributed by atoms with E-state index < -0.39 is 123 Å². The number of aliphatic hydroxyl groups excluding tert-OH is 4. The standard InChI is InChI=1S/C19H32N2O11.C16H25NO12.C3H9N.2Na/c1-10(2)21-7-13(31-16(18(26)27)12(9-24)28-3)32-17-14(20-5-6-22)19(29-4)30-11(8-23)15(17)25;1-25-9(6-20)13(15(23)24)28-10(7-21)29-14-11(17-3-4-18)16(26-2)27-8(5-19)12(14)22;1-3(2)4;;/h6-7,9-17,19-20,23,25H,5,8H2,1-4H3,(H,26,27);4,6-14,16-17,19,22H,3,5H2,1-2H3,(H,23,24);3H,4H2,1-2H3;;/q;;;2*+1/p-2. The SMILES string of the molecule is CC(C)N.COC(C=O)C(OC(C=NC(C)C)OC1C(O)C(CO)OC(OC)C1NCC=O)C(=O)[O-].COC(C=O)C(OC(C=O)OC1C(O)C(CO)OC(OC)C1NCC=O)C(=O)[O-].[Na+].[Na+]. The minimum Gasteiger partial charge on any atom is -0.547 e. The molecule has 0 amide bonds. The molecule has 2 fully saturated rings. The maximum Gasteiger partial charge on any atom is 1.00 e. The van der Waals surface area contributed by atoms with Crippen LogP contribution in [0.1, 0.15) is 27.7 Å². The van der Waals surface area contributed by atoms with E-state index in [2.05, 4.69) is 20.4 Å². The number of nitrogens with two attached hydrogens (primary N) is 1. The molecular weight excluding hydrogens is 926 g/mol. The van der Waals surface area contributed by atoms with Crippen LogP contribution in [-0.2, 0) is 80.9 Å². The monoisotopic (exact) mass is 990 g/mol. The van der Waals surface area contributed by atoms with Crippen molar-refractivity contribution in [2.24, 2.45) is 10.7 Å². The minimum absolute atomic E-state index is 0. The summed E-state index contributed by atoms with van der Waals surface area (Å²) >= 11 is 0. The van der Waals surface area contributed by atoms with Gasteiger partial charge in [0.25, 0.3) is 0 Å². The van der Waals surface area contributed by atoms with Crippen molar-refractivity contribution in [1.82, 2.24) is 10.6 Å². The number of aliphatic imine (C=N–C) groups is 1. The Balaban J connectivity index is -0.00000110. The number of rotatable bonds is 29. The molecule has 2 heterocycles. The molecule has 16 atom stereocenters. The van der Waals surface area contributed by atoms with Crippen molar-refractivity contribution in [2.45, 2.75) is 138 Å². The second-order valence-corrected chi connectivity index (χ2v) is 14.2. The summed E-state index contributed by atoms with van der Waals surface area (Å²) in [6.07, 6.45) is -17.5. The van der Waals surface area contributed by atoms with Gasteiger partial charge in [0, 0.05) is 34.5 Å². The molecule has 0 spiro atoms. The molecule has 0 radical (unpaired) electrons. The molecule has 0 aliphatic carbocycles. The van der Waals surface area contributed by atoms with Crippen LogP contribution in [0.15, 0.2) is 4.99 Å². The number of nitrogens with one attached hydrogen (secondary N) is 2. The Morgan fingerprint density at radius 1 is 0.687 bits per heavy atom. The van der Waals surface area contributed by atoms with E-state index >= 15 is 0 Å². The number of aliphatic carboxylic acids is 2. The number of ether oxygens (including phenoxy) is 10. The number of carboxylic acids is 2. The molecular formula is C38H64N4Na2O23. The number of carbonyl (C=O) groups excluding carboxylic acids is 7. The van der Waals surface area contributed by atoms with Gasteiger partial charge in [-0.05, 0) is 19.9 Å². The van der Waals surface area contributed by atoms with Crippen LogP contribution < -0.4 is 85.7 Å². The Kier molecular flexibility index (Phi) is 40.4. The predicted molar refractivity (Wildman–Crippen MR) is 213 cm³/mol. The number of nitrogens with zero attached hydrogens (tertiary/aromatic N) is 1. The molecule has 2 aliphatic rings. The summed E-state index contributed by atoms with van der Waals surface area (Å²) < 4.78 is 52.3. The van der Waals surface area contributed by atoms with Crippen molar-refractivity contribution in [3.63, 3.8) is 0 Å². The molecule has 27 nitrogen and oxygen atoms in total. The van der Waals surface area contributed by atoms with Crippen molar-refractivity contribution in [1.29, 1.82) is 0 Å². The predicted octanol–water partition coefficient (Wildman–Crippen LogP) is -14.1. The van der Waals surface area contributed by atoms with Gasteiger partial charge in [-0.15, -0.1) is 0 Å². The molecule has 0 saturated carbocycles. The van der Waals surface area contributed by atoms with Crippen LogP contribution in [0, 0.1) is 0 Å². The third-order valence-corrected chi connectivity index (χ3v) is 8.68. The molecule has 376 valence electrons. The van der Waals surface area contributed by atoms with E-state index in [0.717, 1.165) is 20.4 Å². The van der Waals surface area contributed by atoms with Crippen LogP contribution in [0.2, 0.25) is 0 Å². The quantitative estimate of drug-likeness (QED) is 0.0158. The molecule has 8 N–H and O–H groups in total. The average molecular weight is 991 g/mol. The largest absolute Gasteiger partial charge is 1.00 e. The topological polar surface area (TPSA) is 401 Å². The van der Waals surface area contributed by atoms with Crippen molar-refractivity contribution in [3.8, 4) is 0 Å². The minimum atomic E-state index is -1.99. The molecule has 0 aromatic rings. The van der Waals surface area contributed by atoms with Crippen molar-refractivity contribution < 1.29 is 171 Å². The number of aldehydes is 5. The Morgan fingerprint density at radius 2 is 1.04 bits per heavy atom. The molecule has 2 saturated heterocycles. The maximum absolute atomic E-state index is 11.5. The van der Waals surface area contributed by atoms with Crippen LogP contribution in [-0.4, -0.2) is 235 Å². The Labute approximate surface area is 431 Å². The van der Waals surface area contributed by atoms with Gasteiger partial charge < -0.3 is 123 Å². The van der Waals surface area contributed by atoms with Crippen LogP contribution >= 0.6 is 0 Å². The van der Waals surface area contributed by atoms with Gasteiger partial charge in [-0.2, -0.15) is 0 Å². The van der Waals surface area contributed by atoms with Crippen LogP contribution in [0.3, 0.4) is 0 Å². The van der Waals surface area contributed by atoms with Gasteiger partial charge in [0.1, 0.15) is 73.6 Å². The zero-order valence-corrected chi connectivity index (χ0v) is 43.3. The molecule has 2 aliphatic heterocycles. The van der Waals surface area contributed by atoms with E-state index in [0.29, 0.717) is 18.6 Å². The fraction of sp³-hybridized carbons (Fsp3) is 0.789. The summed E-state index contributed by atoms with van der Waals surface area (Å²) in [6.45, 7) is 5.82. The summed E-state index contributed by atoms with van der Waals surface area (Å²) in [5, 5.41) is 68.3. The fourth-order valence-corrected chi connectivity index (χ4v) is 5.74. The summed E-state index contributed by atoms with van der Waals surface area (Å²) in [6, 6.07) is -1.83. The molecule has 0 aromatic heterocycles. The van der Waals surface area contributed by atoms with Gasteiger partial charge in [-0.25, -0.2) is 0 Å². The van der Waals surface area contributed by atoms with Gasteiger partial charge in [0.15, 0.2) is 37.7 Å². The number of hydrogen-bond donors (Lipinski definition) is 7. The summed E-state index contributed by atoms with van der Waals surface area (Å²) in [4.78, 5) is 82.0. The molecule has 0 bridgehead atoms. The van der Waals surface area contributed by atoms with Crippen molar-refractivity contribution in [3.05, 3.63) is 0 Å². The summed E-state index contributed by atoms with van der Waals surface area (Å²) in [5.41, 5.74) is 5.11. The number of carboxylic acid groups (broad SMARTS) is 2. The second kappa shape index (κ2) is 39.0. The number of aliphatic hydroxyl groups is 4. The zero-order valence-electron chi connectivity index (χ0n) is 39.3. The number of methoxy groups -OCH3 is 4. The van der Waals surface area contributed by atoms with Crippen LogP contribution in [0.25, 0.3) is 0 Å². The first-order valence-corrected chi connectivity index (χ1v) is 19.9. The summed E-state index contributed by atoms with van der Waals surface area (Å²) in [7, 11) is 4.74. The number of carbonyl (C=O) groups is 7. The second-order valence-electron chi connectivity index (χ2n) is 14.2. The molecule has 0 aromatic carbocycles. The zero-order chi connectivity index (χ0) is 49.8. The normalized spacial score (nSPS) is 27.4. The maximum atomic E-state index is 11.5. The van der Waals surface area contributed by atoms with Gasteiger partial charge in [0.05, 0.1) is 56.5 Å². The average Bonchev–Trinajstić information content (AvgIpc) is 3.27. The van der Waals surface area contributed by atoms with Gasteiger partial charge in [-0.3, -0.25) is 9.79 Å². The van der Waals surface area contributed by atoms with Crippen molar-refractivity contribution >= 4 is 49.6 Å². The van der Waals surface area contributed by atoms with Gasteiger partial charge in [0.2, 0.25) is 6.29 Å². The van der Waals surface area contributed by atoms with E-state index in [1.54, 1.807) is 13.8 Å². The first kappa shape index (κ1) is 69.5. The molecule has 67 heavy (non-hydrogen) atoms. The van der Waals surface area contributed by atoms with E-state index in [9.17, 15) is 64.2 Å². The Bertz CT molecular complexity index is 1430. The number of hydrogen-bond acceptors (Lipinski definition) is 27. The van der Waals surface area contributed by atoms with E-state index in [1.165, 1.54) is 14.2 Å². The molecule has 16 unspecified atom stereocenters. The summed E-state index contributed by atoms with van der Waals surface area (Å²) in [5.74, 6) is -3.58. The van der Waals surface area contributed by atoms with Crippen molar-refractivity contribution in [2.75, 3.05) is 54.7 Å². The fourth-order valence-electron chi connectivity index (χ4n) is 5.74. The third-order valence-electron chi connectivity index (χ3n) is 8.68. The van der Waals surface area contributed by atoms with E-state index in [-0.39, 0.29) is 97.1 Å².